The van der Waals surface area contributed by atoms with Crippen LogP contribution in [0.1, 0.15) is 43.8 Å². The number of aliphatic hydroxyl groups is 1. The van der Waals surface area contributed by atoms with Crippen molar-refractivity contribution in [1.82, 2.24) is 20.5 Å². The summed E-state index contributed by atoms with van der Waals surface area (Å²) in [6.07, 6.45) is 2.35. The first-order chi connectivity index (χ1) is 23.3. The van der Waals surface area contributed by atoms with E-state index in [1.807, 2.05) is 54.6 Å². The highest BCUT2D eigenvalue weighted by Gasteiger charge is 2.30. The van der Waals surface area contributed by atoms with Crippen molar-refractivity contribution in [3.8, 4) is 16.9 Å². The summed E-state index contributed by atoms with van der Waals surface area (Å²) in [6.45, 7) is 3.17. The number of benzene rings is 3. The monoisotopic (exact) mass is 653 g/mol. The predicted molar refractivity (Wildman–Crippen MR) is 185 cm³/mol. The summed E-state index contributed by atoms with van der Waals surface area (Å²) < 4.78 is 5.75. The summed E-state index contributed by atoms with van der Waals surface area (Å²) >= 11 is 0. The summed E-state index contributed by atoms with van der Waals surface area (Å²) in [5, 5.41) is 31.0. The minimum Gasteiger partial charge on any atom is -0.506 e. The number of fused-ring (bicyclic) bond motifs is 1. The Morgan fingerprint density at radius 2 is 1.71 bits per heavy atom. The third-order valence-corrected chi connectivity index (χ3v) is 9.45. The highest BCUT2D eigenvalue weighted by molar-refractivity contribution is 5.91. The Balaban J connectivity index is 0.878. The largest absolute Gasteiger partial charge is 0.506 e. The van der Waals surface area contributed by atoms with Gasteiger partial charge in [0, 0.05) is 61.7 Å². The number of piperidine rings is 1. The molecular weight excluding hydrogens is 610 g/mol. The predicted octanol–water partition coefficient (Wildman–Crippen LogP) is 4.52. The van der Waals surface area contributed by atoms with Gasteiger partial charge < -0.3 is 35.5 Å². The first kappa shape index (κ1) is 33.2. The lowest BCUT2D eigenvalue weighted by Gasteiger charge is -2.31. The van der Waals surface area contributed by atoms with Crippen molar-refractivity contribution in [2.45, 2.75) is 50.4 Å². The summed E-state index contributed by atoms with van der Waals surface area (Å²) in [7, 11) is 0. The van der Waals surface area contributed by atoms with Crippen LogP contribution in [0.3, 0.4) is 0 Å². The van der Waals surface area contributed by atoms with Gasteiger partial charge in [-0.1, -0.05) is 54.6 Å². The maximum Gasteiger partial charge on any atom is 0.411 e. The van der Waals surface area contributed by atoms with Crippen LogP contribution in [0.4, 0.5) is 10.5 Å². The minimum absolute atomic E-state index is 0.0451. The third-order valence-electron chi connectivity index (χ3n) is 9.45. The van der Waals surface area contributed by atoms with E-state index in [1.165, 1.54) is 12.1 Å². The van der Waals surface area contributed by atoms with Crippen LogP contribution in [-0.2, 0) is 9.53 Å². The second-order valence-corrected chi connectivity index (χ2v) is 12.7. The Hall–Kier alpha value is -4.71. The SMILES string of the molecule is O=C(Nc1ccccc1-c1ccccc1)OC1CCN(CCNC(=O)[C@@H]2CC[C@H](NCC(O)c3ccc(O)c4[nH]c(=O)ccc34)C2)CC1. The maximum atomic E-state index is 12.9. The molecule has 0 spiro atoms. The molecule has 4 aromatic rings. The van der Waals surface area contributed by atoms with Crippen LogP contribution in [0.25, 0.3) is 22.0 Å². The van der Waals surface area contributed by atoms with Gasteiger partial charge in [-0.3, -0.25) is 14.9 Å². The lowest BCUT2D eigenvalue weighted by Crippen LogP contribution is -2.43. The number of para-hydroxylation sites is 1. The van der Waals surface area contributed by atoms with E-state index in [2.05, 4.69) is 25.8 Å². The minimum atomic E-state index is -0.841. The molecule has 48 heavy (non-hydrogen) atoms. The average molecular weight is 654 g/mol. The number of rotatable bonds is 11. The molecule has 6 N–H and O–H groups in total. The fourth-order valence-corrected chi connectivity index (χ4v) is 6.83. The Labute approximate surface area is 279 Å². The molecule has 0 radical (unpaired) electrons. The molecule has 1 aliphatic carbocycles. The fourth-order valence-electron chi connectivity index (χ4n) is 6.83. The number of phenols is 1. The molecule has 6 rings (SSSR count). The number of phenolic OH excluding ortho intramolecular Hbond substituents is 1. The van der Waals surface area contributed by atoms with Crippen molar-refractivity contribution >= 4 is 28.6 Å². The van der Waals surface area contributed by atoms with Gasteiger partial charge in [-0.05, 0) is 61.4 Å². The molecule has 3 atom stereocenters. The van der Waals surface area contributed by atoms with Gasteiger partial charge in [-0.2, -0.15) is 0 Å². The topological polar surface area (TPSA) is 156 Å². The Kier molecular flexibility index (Phi) is 10.7. The second-order valence-electron chi connectivity index (χ2n) is 12.7. The van der Waals surface area contributed by atoms with Gasteiger partial charge in [-0.25, -0.2) is 4.79 Å². The van der Waals surface area contributed by atoms with Gasteiger partial charge in [0.2, 0.25) is 11.5 Å². The molecule has 2 fully saturated rings. The van der Waals surface area contributed by atoms with Crippen LogP contribution >= 0.6 is 0 Å². The fraction of sp³-hybridized carbons (Fsp3) is 0.378. The highest BCUT2D eigenvalue weighted by atomic mass is 16.6. The van der Waals surface area contributed by atoms with E-state index in [0.717, 1.165) is 56.4 Å². The Morgan fingerprint density at radius 3 is 2.52 bits per heavy atom. The van der Waals surface area contributed by atoms with Crippen molar-refractivity contribution in [2.75, 3.05) is 38.0 Å². The Morgan fingerprint density at radius 1 is 0.938 bits per heavy atom. The molecule has 1 saturated carbocycles. The molecule has 0 bridgehead atoms. The van der Waals surface area contributed by atoms with Gasteiger partial charge in [0.1, 0.15) is 11.9 Å². The number of aliphatic hydroxyl groups excluding tert-OH is 1. The number of anilines is 1. The Bertz CT molecular complexity index is 1770. The van der Waals surface area contributed by atoms with E-state index in [1.54, 1.807) is 12.1 Å². The van der Waals surface area contributed by atoms with Gasteiger partial charge in [-0.15, -0.1) is 0 Å². The standard InChI is InChI=1S/C37H43N5O6/c43-32-14-12-29(30-13-15-34(45)41-35(30)32)33(44)23-39-26-11-10-25(22-26)36(46)38-18-21-42-19-16-27(17-20-42)48-37(47)40-31-9-5-4-8-28(31)24-6-2-1-3-7-24/h1-9,12-15,25-27,33,39,43-44H,10-11,16-23H2,(H,38,46)(H,40,47)(H,41,45)/t25-,26+,33?/m1/s1. The van der Waals surface area contributed by atoms with Gasteiger partial charge in [0.05, 0.1) is 17.3 Å². The van der Waals surface area contributed by atoms with Crippen molar-refractivity contribution in [3.05, 3.63) is 94.8 Å². The normalized spacial score (nSPS) is 19.2. The number of hydrogen-bond acceptors (Lipinski definition) is 8. The molecule has 2 aliphatic rings. The quantitative estimate of drug-likeness (QED) is 0.138. The van der Waals surface area contributed by atoms with E-state index in [4.69, 9.17) is 4.74 Å². The van der Waals surface area contributed by atoms with Crippen molar-refractivity contribution in [3.63, 3.8) is 0 Å². The maximum absolute atomic E-state index is 12.9. The van der Waals surface area contributed by atoms with Crippen molar-refractivity contribution in [2.24, 2.45) is 5.92 Å². The summed E-state index contributed by atoms with van der Waals surface area (Å²) in [6, 6.07) is 23.8. The van der Waals surface area contributed by atoms with Gasteiger partial charge >= 0.3 is 6.09 Å². The number of amides is 2. The van der Waals surface area contributed by atoms with Crippen LogP contribution in [0.5, 0.6) is 5.75 Å². The second kappa shape index (κ2) is 15.5. The van der Waals surface area contributed by atoms with E-state index in [0.29, 0.717) is 41.7 Å². The number of nitrogens with one attached hydrogen (secondary N) is 4. The van der Waals surface area contributed by atoms with Crippen LogP contribution in [0.2, 0.25) is 0 Å². The van der Waals surface area contributed by atoms with Crippen LogP contribution < -0.4 is 21.5 Å². The van der Waals surface area contributed by atoms with E-state index < -0.39 is 12.2 Å². The number of ether oxygens (including phenoxy) is 1. The first-order valence-electron chi connectivity index (χ1n) is 16.7. The van der Waals surface area contributed by atoms with E-state index in [9.17, 15) is 24.6 Å². The molecule has 2 heterocycles. The first-order valence-corrected chi connectivity index (χ1v) is 16.7. The van der Waals surface area contributed by atoms with Crippen LogP contribution in [0.15, 0.2) is 83.7 Å². The number of aromatic nitrogens is 1. The number of H-pyrrole nitrogens is 1. The number of carbonyl (C=O) groups is 2. The van der Waals surface area contributed by atoms with Crippen LogP contribution in [-0.4, -0.2) is 77.0 Å². The van der Waals surface area contributed by atoms with Crippen LogP contribution in [0, 0.1) is 5.92 Å². The summed E-state index contributed by atoms with van der Waals surface area (Å²) in [5.74, 6) is -0.0702. The number of nitrogens with zero attached hydrogens (tertiary/aromatic N) is 1. The number of likely N-dealkylation sites (tertiary alicyclic amines) is 1. The zero-order valence-corrected chi connectivity index (χ0v) is 26.9. The molecule has 11 heteroatoms. The number of aromatic hydroxyl groups is 1. The molecule has 11 nitrogen and oxygen atoms in total. The van der Waals surface area contributed by atoms with Crippen molar-refractivity contribution < 1.29 is 24.5 Å². The number of carbonyl (C=O) groups excluding carboxylic acids is 2. The molecule has 1 saturated heterocycles. The third kappa shape index (κ3) is 8.22. The molecule has 252 valence electrons. The van der Waals surface area contributed by atoms with Crippen molar-refractivity contribution in [1.29, 1.82) is 0 Å². The molecule has 1 unspecified atom stereocenters. The highest BCUT2D eigenvalue weighted by Crippen LogP contribution is 2.31. The molecule has 1 aromatic heterocycles. The number of hydrogen-bond donors (Lipinski definition) is 6. The zero-order valence-electron chi connectivity index (χ0n) is 26.9. The lowest BCUT2D eigenvalue weighted by molar-refractivity contribution is -0.124. The smallest absolute Gasteiger partial charge is 0.411 e. The summed E-state index contributed by atoms with van der Waals surface area (Å²) in [4.78, 5) is 42.2. The molecular formula is C37H43N5O6. The molecule has 2 amide bonds. The summed E-state index contributed by atoms with van der Waals surface area (Å²) in [5.41, 5.74) is 3.27. The number of aromatic amines is 1. The molecule has 3 aromatic carbocycles. The molecule has 1 aliphatic heterocycles. The van der Waals surface area contributed by atoms with Gasteiger partial charge in [0.15, 0.2) is 0 Å². The lowest BCUT2D eigenvalue weighted by atomic mass is 10.0. The van der Waals surface area contributed by atoms with Gasteiger partial charge in [0.25, 0.3) is 0 Å². The number of pyridine rings is 1. The average Bonchev–Trinajstić information content (AvgIpc) is 3.58. The van der Waals surface area contributed by atoms with E-state index >= 15 is 0 Å². The zero-order chi connectivity index (χ0) is 33.5. The van der Waals surface area contributed by atoms with E-state index in [-0.39, 0.29) is 35.3 Å².